The molecule has 0 aliphatic carbocycles. The summed E-state index contributed by atoms with van der Waals surface area (Å²) < 4.78 is 15.1. The average molecular weight is 307 g/mol. The van der Waals surface area contributed by atoms with E-state index in [0.717, 1.165) is 21.8 Å². The molecule has 3 aromatic rings. The van der Waals surface area contributed by atoms with Crippen molar-refractivity contribution in [1.82, 2.24) is 9.55 Å². The van der Waals surface area contributed by atoms with Crippen molar-refractivity contribution in [3.8, 4) is 0 Å². The fourth-order valence-electron chi connectivity index (χ4n) is 2.03. The first-order chi connectivity index (χ1) is 9.65. The van der Waals surface area contributed by atoms with Gasteiger partial charge in [-0.2, -0.15) is 0 Å². The van der Waals surface area contributed by atoms with Crippen molar-refractivity contribution in [2.24, 2.45) is 7.05 Å². The summed E-state index contributed by atoms with van der Waals surface area (Å²) in [5, 5.41) is 1.38. The molecule has 2 aromatic carbocycles. The number of aromatic nitrogens is 2. The number of halogens is 2. The minimum atomic E-state index is -0.313. The molecule has 0 atom stereocenters. The Kier molecular flexibility index (Phi) is 3.68. The summed E-state index contributed by atoms with van der Waals surface area (Å²) in [6, 6.07) is 12.5. The van der Waals surface area contributed by atoms with E-state index in [1.54, 1.807) is 17.8 Å². The van der Waals surface area contributed by atoms with E-state index in [0.29, 0.717) is 10.8 Å². The van der Waals surface area contributed by atoms with Crippen LogP contribution in [0.3, 0.4) is 0 Å². The van der Waals surface area contributed by atoms with Crippen molar-refractivity contribution < 1.29 is 4.39 Å². The van der Waals surface area contributed by atoms with E-state index in [1.165, 1.54) is 12.1 Å². The Morgan fingerprint density at radius 2 is 2.05 bits per heavy atom. The van der Waals surface area contributed by atoms with Crippen molar-refractivity contribution in [2.45, 2.75) is 10.9 Å². The molecule has 0 unspecified atom stereocenters. The van der Waals surface area contributed by atoms with E-state index < -0.39 is 0 Å². The van der Waals surface area contributed by atoms with Gasteiger partial charge in [0.05, 0.1) is 11.0 Å². The van der Waals surface area contributed by atoms with E-state index in [1.807, 2.05) is 31.3 Å². The molecule has 0 bridgehead atoms. The Hall–Kier alpha value is -1.52. The molecule has 102 valence electrons. The van der Waals surface area contributed by atoms with Gasteiger partial charge in [-0.15, -0.1) is 0 Å². The molecule has 5 heteroatoms. The lowest BCUT2D eigenvalue weighted by Gasteiger charge is -2.04. The lowest BCUT2D eigenvalue weighted by Crippen LogP contribution is -1.92. The predicted octanol–water partition coefficient (Wildman–Crippen LogP) is 4.66. The lowest BCUT2D eigenvalue weighted by atomic mass is 10.2. The third-order valence-electron chi connectivity index (χ3n) is 3.12. The SMILES string of the molecule is Cn1c(SCc2ccc(F)cc2Cl)nc2ccccc21. The maximum absolute atomic E-state index is 13.0. The van der Waals surface area contributed by atoms with E-state index >= 15 is 0 Å². The van der Waals surface area contributed by atoms with Crippen LogP contribution in [0.1, 0.15) is 5.56 Å². The molecule has 0 amide bonds. The summed E-state index contributed by atoms with van der Waals surface area (Å²) in [4.78, 5) is 4.58. The summed E-state index contributed by atoms with van der Waals surface area (Å²) in [7, 11) is 1.99. The van der Waals surface area contributed by atoms with Gasteiger partial charge >= 0.3 is 0 Å². The number of hydrogen-bond acceptors (Lipinski definition) is 2. The molecule has 0 N–H and O–H groups in total. The van der Waals surface area contributed by atoms with Gasteiger partial charge in [0.25, 0.3) is 0 Å². The fraction of sp³-hybridized carbons (Fsp3) is 0.133. The molecule has 20 heavy (non-hydrogen) atoms. The molecule has 3 rings (SSSR count). The van der Waals surface area contributed by atoms with Crippen LogP contribution in [0, 0.1) is 5.82 Å². The van der Waals surface area contributed by atoms with E-state index in [2.05, 4.69) is 9.55 Å². The minimum Gasteiger partial charge on any atom is -0.322 e. The van der Waals surface area contributed by atoms with Crippen LogP contribution in [-0.4, -0.2) is 9.55 Å². The van der Waals surface area contributed by atoms with Gasteiger partial charge in [0.1, 0.15) is 5.82 Å². The normalized spacial score (nSPS) is 11.2. The zero-order chi connectivity index (χ0) is 14.1. The fourth-order valence-corrected chi connectivity index (χ4v) is 3.34. The second-order valence-corrected chi connectivity index (χ2v) is 5.82. The molecule has 0 saturated carbocycles. The van der Waals surface area contributed by atoms with Gasteiger partial charge in [0.15, 0.2) is 5.16 Å². The largest absolute Gasteiger partial charge is 0.322 e. The first-order valence-corrected chi connectivity index (χ1v) is 7.49. The number of aryl methyl sites for hydroxylation is 1. The Morgan fingerprint density at radius 3 is 2.80 bits per heavy atom. The Labute approximate surface area is 125 Å². The molecule has 1 heterocycles. The standard InChI is InChI=1S/C15H12ClFN2S/c1-19-14-5-3-2-4-13(14)18-15(19)20-9-10-6-7-11(17)8-12(10)16/h2-8H,9H2,1H3. The van der Waals surface area contributed by atoms with Crippen molar-refractivity contribution >= 4 is 34.4 Å². The number of hydrogen-bond donors (Lipinski definition) is 0. The van der Waals surface area contributed by atoms with Gasteiger partial charge < -0.3 is 4.57 Å². The highest BCUT2D eigenvalue weighted by Crippen LogP contribution is 2.28. The molecule has 0 aliphatic rings. The van der Waals surface area contributed by atoms with Gasteiger partial charge in [-0.1, -0.05) is 41.6 Å². The van der Waals surface area contributed by atoms with Gasteiger partial charge in [0, 0.05) is 17.8 Å². The first kappa shape index (κ1) is 13.5. The molecule has 0 fully saturated rings. The molecular formula is C15H12ClFN2S. The summed E-state index contributed by atoms with van der Waals surface area (Å²) in [6.45, 7) is 0. The van der Waals surface area contributed by atoms with Crippen LogP contribution in [0.4, 0.5) is 4.39 Å². The quantitative estimate of drug-likeness (QED) is 0.655. The highest BCUT2D eigenvalue weighted by atomic mass is 35.5. The molecule has 0 saturated heterocycles. The van der Waals surface area contributed by atoms with E-state index in [-0.39, 0.29) is 5.82 Å². The third kappa shape index (κ3) is 2.53. The summed E-state index contributed by atoms with van der Waals surface area (Å²) in [5.74, 6) is 0.350. The second kappa shape index (κ2) is 5.46. The van der Waals surface area contributed by atoms with Gasteiger partial charge in [-0.3, -0.25) is 0 Å². The van der Waals surface area contributed by atoms with Crippen LogP contribution in [0.25, 0.3) is 11.0 Å². The molecular weight excluding hydrogens is 295 g/mol. The van der Waals surface area contributed by atoms with Crippen molar-refractivity contribution in [1.29, 1.82) is 0 Å². The van der Waals surface area contributed by atoms with Gasteiger partial charge in [-0.05, 0) is 29.8 Å². The number of para-hydroxylation sites is 2. The molecule has 2 nitrogen and oxygen atoms in total. The average Bonchev–Trinajstić information content (AvgIpc) is 2.75. The van der Waals surface area contributed by atoms with Crippen molar-refractivity contribution in [3.05, 3.63) is 58.9 Å². The van der Waals surface area contributed by atoms with Crippen LogP contribution in [0.2, 0.25) is 5.02 Å². The number of rotatable bonds is 3. The van der Waals surface area contributed by atoms with E-state index in [9.17, 15) is 4.39 Å². The molecule has 0 radical (unpaired) electrons. The van der Waals surface area contributed by atoms with E-state index in [4.69, 9.17) is 11.6 Å². The van der Waals surface area contributed by atoms with Crippen LogP contribution in [-0.2, 0) is 12.8 Å². The zero-order valence-corrected chi connectivity index (χ0v) is 12.4. The Bertz CT molecular complexity index is 770. The van der Waals surface area contributed by atoms with Crippen LogP contribution in [0.5, 0.6) is 0 Å². The summed E-state index contributed by atoms with van der Waals surface area (Å²) in [5.41, 5.74) is 2.98. The Morgan fingerprint density at radius 1 is 1.25 bits per heavy atom. The van der Waals surface area contributed by atoms with Crippen LogP contribution in [0.15, 0.2) is 47.6 Å². The van der Waals surface area contributed by atoms with Gasteiger partial charge in [0.2, 0.25) is 0 Å². The van der Waals surface area contributed by atoms with Crippen molar-refractivity contribution in [3.63, 3.8) is 0 Å². The molecule has 0 spiro atoms. The maximum atomic E-state index is 13.0. The first-order valence-electron chi connectivity index (χ1n) is 6.13. The number of thioether (sulfide) groups is 1. The highest BCUT2D eigenvalue weighted by Gasteiger charge is 2.09. The number of fused-ring (bicyclic) bond motifs is 1. The number of benzene rings is 2. The molecule has 0 aliphatic heterocycles. The third-order valence-corrected chi connectivity index (χ3v) is 4.55. The van der Waals surface area contributed by atoms with Crippen LogP contribution < -0.4 is 0 Å². The number of imidazole rings is 1. The minimum absolute atomic E-state index is 0.313. The van der Waals surface area contributed by atoms with Gasteiger partial charge in [-0.25, -0.2) is 9.37 Å². The second-order valence-electron chi connectivity index (χ2n) is 4.47. The smallest absolute Gasteiger partial charge is 0.169 e. The lowest BCUT2D eigenvalue weighted by molar-refractivity contribution is 0.627. The number of nitrogens with zero attached hydrogens (tertiary/aromatic N) is 2. The monoisotopic (exact) mass is 306 g/mol. The Balaban J connectivity index is 1.85. The molecule has 1 aromatic heterocycles. The summed E-state index contributed by atoms with van der Waals surface area (Å²) in [6.07, 6.45) is 0. The zero-order valence-electron chi connectivity index (χ0n) is 10.8. The van der Waals surface area contributed by atoms with Crippen LogP contribution >= 0.6 is 23.4 Å². The summed E-state index contributed by atoms with van der Waals surface area (Å²) >= 11 is 7.62. The highest BCUT2D eigenvalue weighted by molar-refractivity contribution is 7.98. The maximum Gasteiger partial charge on any atom is 0.169 e. The van der Waals surface area contributed by atoms with Crippen molar-refractivity contribution in [2.75, 3.05) is 0 Å². The predicted molar refractivity (Wildman–Crippen MR) is 81.7 cm³/mol. The topological polar surface area (TPSA) is 17.8 Å².